The number of hydrogen-bond acceptors (Lipinski definition) is 2. The minimum absolute atomic E-state index is 0.181. The molecule has 1 aliphatic carbocycles. The van der Waals surface area contributed by atoms with E-state index in [0.717, 1.165) is 19.3 Å². The Balaban J connectivity index is 2.02. The van der Waals surface area contributed by atoms with Crippen LogP contribution < -0.4 is 5.32 Å². The molecule has 0 saturated heterocycles. The molecule has 0 spiro atoms. The minimum atomic E-state index is -0.774. The Bertz CT molecular complexity index is 608. The van der Waals surface area contributed by atoms with Gasteiger partial charge in [-0.25, -0.2) is 8.78 Å². The van der Waals surface area contributed by atoms with Crippen molar-refractivity contribution in [3.63, 3.8) is 0 Å². The van der Waals surface area contributed by atoms with Gasteiger partial charge in [0.1, 0.15) is 0 Å². The monoisotopic (exact) mass is 293 g/mol. The highest BCUT2D eigenvalue weighted by molar-refractivity contribution is 7.10. The number of rotatable bonds is 3. The summed E-state index contributed by atoms with van der Waals surface area (Å²) >= 11 is 1.76. The number of nitrogens with one attached hydrogen (secondary N) is 1. The van der Waals surface area contributed by atoms with E-state index in [4.69, 9.17) is 0 Å². The zero-order chi connectivity index (χ0) is 14.1. The molecule has 106 valence electrons. The van der Waals surface area contributed by atoms with Crippen LogP contribution in [-0.4, -0.2) is 7.05 Å². The molecule has 20 heavy (non-hydrogen) atoms. The van der Waals surface area contributed by atoms with Gasteiger partial charge in [-0.05, 0) is 49.4 Å². The average Bonchev–Trinajstić information content (AvgIpc) is 2.93. The van der Waals surface area contributed by atoms with Crippen LogP contribution in [0.25, 0.3) is 0 Å². The number of halogens is 2. The largest absolute Gasteiger partial charge is 0.312 e. The molecule has 0 aliphatic heterocycles. The molecule has 2 unspecified atom stereocenters. The first-order valence-corrected chi connectivity index (χ1v) is 7.77. The van der Waals surface area contributed by atoms with E-state index in [1.165, 1.54) is 16.5 Å². The molecule has 1 aromatic carbocycles. The lowest BCUT2D eigenvalue weighted by Crippen LogP contribution is -2.27. The fourth-order valence-electron chi connectivity index (χ4n) is 3.20. The van der Waals surface area contributed by atoms with Crippen LogP contribution in [0.5, 0.6) is 0 Å². The molecule has 1 nitrogen and oxygen atoms in total. The van der Waals surface area contributed by atoms with Crippen LogP contribution in [0.2, 0.25) is 0 Å². The number of thiophene rings is 1. The van der Waals surface area contributed by atoms with E-state index in [0.29, 0.717) is 5.56 Å². The molecule has 3 rings (SSSR count). The molecule has 0 bridgehead atoms. The predicted octanol–water partition coefficient (Wildman–Crippen LogP) is 4.41. The normalized spacial score (nSPS) is 19.6. The second-order valence-electron chi connectivity index (χ2n) is 5.21. The molecule has 0 amide bonds. The molecule has 1 heterocycles. The van der Waals surface area contributed by atoms with E-state index in [1.54, 1.807) is 23.5 Å². The second kappa shape index (κ2) is 5.62. The highest BCUT2D eigenvalue weighted by Gasteiger charge is 2.30. The Morgan fingerprint density at radius 3 is 2.95 bits per heavy atom. The average molecular weight is 293 g/mol. The third-order valence-corrected chi connectivity index (χ3v) is 5.12. The topological polar surface area (TPSA) is 12.0 Å². The molecule has 1 aliphatic rings. The van der Waals surface area contributed by atoms with Gasteiger partial charge in [-0.1, -0.05) is 12.1 Å². The van der Waals surface area contributed by atoms with Crippen molar-refractivity contribution < 1.29 is 8.78 Å². The summed E-state index contributed by atoms with van der Waals surface area (Å²) < 4.78 is 27.6. The lowest BCUT2D eigenvalue weighted by atomic mass is 9.80. The van der Waals surface area contributed by atoms with Gasteiger partial charge in [0.2, 0.25) is 0 Å². The van der Waals surface area contributed by atoms with E-state index in [9.17, 15) is 8.78 Å². The van der Waals surface area contributed by atoms with Crippen LogP contribution in [0.4, 0.5) is 8.78 Å². The standard InChI is InChI=1S/C16H17F2NS/c1-19-16(12-5-2-6-13(17)15(12)18)11-4-3-7-14-10(11)8-9-20-14/h2,5-6,8-9,11,16,19H,3-4,7H2,1H3. The van der Waals surface area contributed by atoms with Crippen LogP contribution >= 0.6 is 11.3 Å². The lowest BCUT2D eigenvalue weighted by Gasteiger charge is -2.31. The first kappa shape index (κ1) is 13.7. The molecule has 0 radical (unpaired) electrons. The maximum atomic E-state index is 14.1. The Hall–Kier alpha value is -1.26. The number of hydrogen-bond donors (Lipinski definition) is 1. The first-order chi connectivity index (χ1) is 9.72. The van der Waals surface area contributed by atoms with Gasteiger partial charge in [-0.3, -0.25) is 0 Å². The number of fused-ring (bicyclic) bond motifs is 1. The van der Waals surface area contributed by atoms with Crippen LogP contribution in [-0.2, 0) is 6.42 Å². The van der Waals surface area contributed by atoms with Crippen molar-refractivity contribution >= 4 is 11.3 Å². The first-order valence-electron chi connectivity index (χ1n) is 6.89. The van der Waals surface area contributed by atoms with E-state index in [2.05, 4.69) is 16.8 Å². The number of benzene rings is 1. The van der Waals surface area contributed by atoms with E-state index < -0.39 is 11.6 Å². The Labute approximate surface area is 121 Å². The van der Waals surface area contributed by atoms with Gasteiger partial charge >= 0.3 is 0 Å². The zero-order valence-corrected chi connectivity index (χ0v) is 12.1. The summed E-state index contributed by atoms with van der Waals surface area (Å²) in [6.45, 7) is 0. The van der Waals surface area contributed by atoms with Crippen molar-refractivity contribution in [2.24, 2.45) is 0 Å². The Kier molecular flexibility index (Phi) is 3.85. The second-order valence-corrected chi connectivity index (χ2v) is 6.21. The van der Waals surface area contributed by atoms with E-state index in [-0.39, 0.29) is 12.0 Å². The molecule has 1 N–H and O–H groups in total. The molecule has 0 fully saturated rings. The summed E-state index contributed by atoms with van der Waals surface area (Å²) in [6.07, 6.45) is 3.21. The minimum Gasteiger partial charge on any atom is -0.312 e. The summed E-state index contributed by atoms with van der Waals surface area (Å²) in [6, 6.07) is 6.38. The van der Waals surface area contributed by atoms with Gasteiger partial charge in [0, 0.05) is 22.4 Å². The summed E-state index contributed by atoms with van der Waals surface area (Å²) in [7, 11) is 1.82. The van der Waals surface area contributed by atoms with Crippen LogP contribution in [0.1, 0.15) is 40.8 Å². The zero-order valence-electron chi connectivity index (χ0n) is 11.3. The van der Waals surface area contributed by atoms with Crippen molar-refractivity contribution in [3.05, 3.63) is 57.3 Å². The number of aryl methyl sites for hydroxylation is 1. The third kappa shape index (κ3) is 2.27. The van der Waals surface area contributed by atoms with Crippen molar-refractivity contribution in [2.45, 2.75) is 31.2 Å². The quantitative estimate of drug-likeness (QED) is 0.884. The maximum absolute atomic E-state index is 14.1. The van der Waals surface area contributed by atoms with Gasteiger partial charge in [-0.15, -0.1) is 11.3 Å². The van der Waals surface area contributed by atoms with Gasteiger partial charge in [0.25, 0.3) is 0 Å². The highest BCUT2D eigenvalue weighted by Crippen LogP contribution is 2.42. The maximum Gasteiger partial charge on any atom is 0.163 e. The van der Waals surface area contributed by atoms with Crippen molar-refractivity contribution in [3.8, 4) is 0 Å². The summed E-state index contributed by atoms with van der Waals surface area (Å²) in [5.41, 5.74) is 1.72. The van der Waals surface area contributed by atoms with Crippen molar-refractivity contribution in [1.82, 2.24) is 5.32 Å². The fraction of sp³-hybridized carbons (Fsp3) is 0.375. The molecular weight excluding hydrogens is 276 g/mol. The summed E-state index contributed by atoms with van der Waals surface area (Å²) in [4.78, 5) is 1.39. The summed E-state index contributed by atoms with van der Waals surface area (Å²) in [5, 5.41) is 5.28. The molecule has 4 heteroatoms. The molecule has 1 aromatic heterocycles. The number of likely N-dealkylation sites (N-methyl/N-ethyl adjacent to an activating group) is 1. The van der Waals surface area contributed by atoms with Crippen LogP contribution in [0, 0.1) is 11.6 Å². The molecule has 2 atom stereocenters. The van der Waals surface area contributed by atoms with E-state index >= 15 is 0 Å². The SMILES string of the molecule is CNC(c1cccc(F)c1F)C1CCCc2sccc21. The molecule has 0 saturated carbocycles. The van der Waals surface area contributed by atoms with E-state index in [1.807, 2.05) is 7.05 Å². The van der Waals surface area contributed by atoms with Crippen molar-refractivity contribution in [2.75, 3.05) is 7.05 Å². The fourth-order valence-corrected chi connectivity index (χ4v) is 4.20. The third-order valence-electron chi connectivity index (χ3n) is 4.13. The van der Waals surface area contributed by atoms with Crippen molar-refractivity contribution in [1.29, 1.82) is 0 Å². The lowest BCUT2D eigenvalue weighted by molar-refractivity contribution is 0.403. The smallest absolute Gasteiger partial charge is 0.163 e. The van der Waals surface area contributed by atoms with Crippen LogP contribution in [0.15, 0.2) is 29.6 Å². The van der Waals surface area contributed by atoms with Gasteiger partial charge in [0.05, 0.1) is 0 Å². The predicted molar refractivity (Wildman–Crippen MR) is 78.2 cm³/mol. The van der Waals surface area contributed by atoms with Gasteiger partial charge < -0.3 is 5.32 Å². The Morgan fingerprint density at radius 1 is 1.30 bits per heavy atom. The molecule has 2 aromatic rings. The highest BCUT2D eigenvalue weighted by atomic mass is 32.1. The molecular formula is C16H17F2NS. The van der Waals surface area contributed by atoms with Crippen LogP contribution in [0.3, 0.4) is 0 Å². The van der Waals surface area contributed by atoms with Gasteiger partial charge in [-0.2, -0.15) is 0 Å². The summed E-state index contributed by atoms with van der Waals surface area (Å²) in [5.74, 6) is -1.29. The Morgan fingerprint density at radius 2 is 2.15 bits per heavy atom. The van der Waals surface area contributed by atoms with Gasteiger partial charge in [0.15, 0.2) is 11.6 Å².